The number of nitrogens with one attached hydrogen (secondary N) is 1. The van der Waals surface area contributed by atoms with Crippen molar-refractivity contribution in [3.63, 3.8) is 0 Å². The first-order valence-electron chi connectivity index (χ1n) is 4.87. The normalized spacial score (nSPS) is 30.5. The summed E-state index contributed by atoms with van der Waals surface area (Å²) in [5.74, 6) is 0.852. The van der Waals surface area contributed by atoms with Crippen LogP contribution in [0.15, 0.2) is 0 Å². The number of amides is 1. The van der Waals surface area contributed by atoms with Gasteiger partial charge in [-0.2, -0.15) is 0 Å². The molecule has 1 fully saturated rings. The number of hydrogen-bond donors (Lipinski definition) is 1. The molecule has 1 aliphatic heterocycles. The van der Waals surface area contributed by atoms with E-state index in [9.17, 15) is 4.79 Å². The third-order valence-corrected chi connectivity index (χ3v) is 3.39. The quantitative estimate of drug-likeness (QED) is 0.672. The molecule has 2 heteroatoms. The lowest BCUT2D eigenvalue weighted by Crippen LogP contribution is -2.43. The molecular weight excluding hydrogens is 150 g/mol. The molecule has 70 valence electrons. The molecule has 0 bridgehead atoms. The van der Waals surface area contributed by atoms with Crippen LogP contribution in [0.5, 0.6) is 0 Å². The van der Waals surface area contributed by atoms with Gasteiger partial charge in [-0.25, -0.2) is 0 Å². The summed E-state index contributed by atoms with van der Waals surface area (Å²) in [7, 11) is 0. The summed E-state index contributed by atoms with van der Waals surface area (Å²) in [6.07, 6.45) is 2.99. The van der Waals surface area contributed by atoms with Crippen LogP contribution in [0.3, 0.4) is 0 Å². The molecule has 1 amide bonds. The van der Waals surface area contributed by atoms with Crippen molar-refractivity contribution < 1.29 is 4.79 Å². The lowest BCUT2D eigenvalue weighted by molar-refractivity contribution is -0.127. The zero-order valence-corrected chi connectivity index (χ0v) is 8.31. The highest BCUT2D eigenvalue weighted by molar-refractivity contribution is 5.77. The van der Waals surface area contributed by atoms with Crippen LogP contribution in [0.1, 0.15) is 40.0 Å². The predicted molar refractivity (Wildman–Crippen MR) is 49.8 cm³/mol. The van der Waals surface area contributed by atoms with Gasteiger partial charge >= 0.3 is 0 Å². The Balaban J connectivity index is 2.71. The molecule has 1 rings (SSSR count). The first-order chi connectivity index (χ1) is 5.60. The van der Waals surface area contributed by atoms with Crippen LogP contribution in [-0.4, -0.2) is 12.5 Å². The summed E-state index contributed by atoms with van der Waals surface area (Å²) in [6.45, 7) is 7.51. The van der Waals surface area contributed by atoms with E-state index in [0.717, 1.165) is 25.8 Å². The van der Waals surface area contributed by atoms with Crippen molar-refractivity contribution >= 4 is 5.91 Å². The van der Waals surface area contributed by atoms with Gasteiger partial charge in [-0.15, -0.1) is 0 Å². The summed E-state index contributed by atoms with van der Waals surface area (Å²) < 4.78 is 0. The van der Waals surface area contributed by atoms with Gasteiger partial charge in [-0.1, -0.05) is 20.8 Å². The fourth-order valence-electron chi connectivity index (χ4n) is 2.12. The van der Waals surface area contributed by atoms with Crippen LogP contribution < -0.4 is 5.32 Å². The van der Waals surface area contributed by atoms with Crippen LogP contribution in [0, 0.1) is 11.3 Å². The average Bonchev–Trinajstić information content (AvgIpc) is 2.04. The predicted octanol–water partition coefficient (Wildman–Crippen LogP) is 1.95. The minimum atomic E-state index is 0.233. The van der Waals surface area contributed by atoms with E-state index in [1.807, 2.05) is 0 Å². The van der Waals surface area contributed by atoms with Crippen molar-refractivity contribution in [1.29, 1.82) is 0 Å². The number of rotatable bonds is 2. The molecule has 1 aliphatic rings. The topological polar surface area (TPSA) is 29.1 Å². The number of carbonyl (C=O) groups is 1. The molecule has 0 aromatic heterocycles. The van der Waals surface area contributed by atoms with E-state index >= 15 is 0 Å². The van der Waals surface area contributed by atoms with E-state index in [1.165, 1.54) is 0 Å². The molecule has 1 N–H and O–H groups in total. The second-order valence-electron chi connectivity index (χ2n) is 4.15. The van der Waals surface area contributed by atoms with Crippen molar-refractivity contribution in [2.24, 2.45) is 11.3 Å². The summed E-state index contributed by atoms with van der Waals surface area (Å²) in [5.41, 5.74) is 0.280. The van der Waals surface area contributed by atoms with Gasteiger partial charge in [0.1, 0.15) is 0 Å². The number of piperidine rings is 1. The van der Waals surface area contributed by atoms with Gasteiger partial charge < -0.3 is 5.32 Å². The minimum absolute atomic E-state index is 0.233. The highest BCUT2D eigenvalue weighted by Crippen LogP contribution is 2.40. The zero-order chi connectivity index (χ0) is 9.19. The first kappa shape index (κ1) is 9.56. The van der Waals surface area contributed by atoms with Crippen molar-refractivity contribution in [3.8, 4) is 0 Å². The van der Waals surface area contributed by atoms with Crippen molar-refractivity contribution in [2.75, 3.05) is 6.54 Å². The van der Waals surface area contributed by atoms with Gasteiger partial charge in [-0.3, -0.25) is 4.79 Å². The van der Waals surface area contributed by atoms with Crippen LogP contribution in [0.2, 0.25) is 0 Å². The number of hydrogen-bond acceptors (Lipinski definition) is 1. The molecule has 0 saturated carbocycles. The lowest BCUT2D eigenvalue weighted by Gasteiger charge is -2.39. The Morgan fingerprint density at radius 3 is 2.58 bits per heavy atom. The Kier molecular flexibility index (Phi) is 2.76. The highest BCUT2D eigenvalue weighted by Gasteiger charge is 2.36. The maximum Gasteiger partial charge on any atom is 0.220 e. The Morgan fingerprint density at radius 2 is 2.25 bits per heavy atom. The Labute approximate surface area is 74.7 Å². The maximum atomic E-state index is 11.2. The summed E-state index contributed by atoms with van der Waals surface area (Å²) in [4.78, 5) is 11.2. The van der Waals surface area contributed by atoms with Gasteiger partial charge in [0.2, 0.25) is 5.91 Å². The molecule has 1 saturated heterocycles. The number of carbonyl (C=O) groups excluding carboxylic acids is 1. The molecule has 1 unspecified atom stereocenters. The molecular formula is C10H19NO. The molecule has 0 aliphatic carbocycles. The minimum Gasteiger partial charge on any atom is -0.356 e. The standard InChI is InChI=1S/C10H19NO/c1-4-10(8(2)3)5-6-11-9(12)7-10/h8H,4-7H2,1-3H3,(H,11,12). The molecule has 0 aromatic carbocycles. The van der Waals surface area contributed by atoms with Gasteiger partial charge in [0.05, 0.1) is 0 Å². The van der Waals surface area contributed by atoms with Crippen LogP contribution in [0.4, 0.5) is 0 Å². The largest absolute Gasteiger partial charge is 0.356 e. The molecule has 1 heterocycles. The molecule has 0 spiro atoms. The van der Waals surface area contributed by atoms with Gasteiger partial charge in [0.25, 0.3) is 0 Å². The third-order valence-electron chi connectivity index (χ3n) is 3.39. The third kappa shape index (κ3) is 1.62. The Bertz CT molecular complexity index is 177. The lowest BCUT2D eigenvalue weighted by atomic mass is 9.68. The Morgan fingerprint density at radius 1 is 1.58 bits per heavy atom. The fraction of sp³-hybridized carbons (Fsp3) is 0.900. The summed E-state index contributed by atoms with van der Waals surface area (Å²) in [5, 5.41) is 2.89. The van der Waals surface area contributed by atoms with E-state index < -0.39 is 0 Å². The average molecular weight is 169 g/mol. The van der Waals surface area contributed by atoms with E-state index in [0.29, 0.717) is 5.92 Å². The van der Waals surface area contributed by atoms with Gasteiger partial charge in [0.15, 0.2) is 0 Å². The Hall–Kier alpha value is -0.530. The van der Waals surface area contributed by atoms with E-state index in [-0.39, 0.29) is 11.3 Å². The fourth-order valence-corrected chi connectivity index (χ4v) is 2.12. The molecule has 1 atom stereocenters. The van der Waals surface area contributed by atoms with E-state index in [2.05, 4.69) is 26.1 Å². The van der Waals surface area contributed by atoms with Crippen molar-refractivity contribution in [3.05, 3.63) is 0 Å². The highest BCUT2D eigenvalue weighted by atomic mass is 16.1. The monoisotopic (exact) mass is 169 g/mol. The summed E-state index contributed by atoms with van der Waals surface area (Å²) in [6, 6.07) is 0. The van der Waals surface area contributed by atoms with Crippen molar-refractivity contribution in [2.45, 2.75) is 40.0 Å². The molecule has 12 heavy (non-hydrogen) atoms. The second kappa shape index (κ2) is 3.46. The van der Waals surface area contributed by atoms with E-state index in [4.69, 9.17) is 0 Å². The molecule has 2 nitrogen and oxygen atoms in total. The van der Waals surface area contributed by atoms with Crippen LogP contribution in [-0.2, 0) is 4.79 Å². The first-order valence-corrected chi connectivity index (χ1v) is 4.87. The SMILES string of the molecule is CCC1(C(C)C)CCNC(=O)C1. The van der Waals surface area contributed by atoms with E-state index in [1.54, 1.807) is 0 Å². The zero-order valence-electron chi connectivity index (χ0n) is 8.31. The van der Waals surface area contributed by atoms with Crippen LogP contribution in [0.25, 0.3) is 0 Å². The maximum absolute atomic E-state index is 11.2. The van der Waals surface area contributed by atoms with Crippen molar-refractivity contribution in [1.82, 2.24) is 5.32 Å². The smallest absolute Gasteiger partial charge is 0.220 e. The van der Waals surface area contributed by atoms with Gasteiger partial charge in [0, 0.05) is 13.0 Å². The second-order valence-corrected chi connectivity index (χ2v) is 4.15. The van der Waals surface area contributed by atoms with Gasteiger partial charge in [-0.05, 0) is 24.2 Å². The van der Waals surface area contributed by atoms with Crippen LogP contribution >= 0.6 is 0 Å². The molecule has 0 radical (unpaired) electrons. The molecule has 0 aromatic rings. The summed E-state index contributed by atoms with van der Waals surface area (Å²) >= 11 is 0.